The number of aromatic carboxylic acids is 1. The van der Waals surface area contributed by atoms with Crippen molar-refractivity contribution in [2.24, 2.45) is 0 Å². The average Bonchev–Trinajstić information content (AvgIpc) is 2.97. The lowest BCUT2D eigenvalue weighted by Crippen LogP contribution is -2.02. The topological polar surface area (TPSA) is 101 Å². The van der Waals surface area contributed by atoms with Crippen molar-refractivity contribution in [2.45, 2.75) is 5.03 Å². The smallest absolute Gasteiger partial charge is 0.335 e. The minimum absolute atomic E-state index is 0.0605. The molecule has 112 valence electrons. The van der Waals surface area contributed by atoms with Gasteiger partial charge in [-0.25, -0.2) is 19.4 Å². The van der Waals surface area contributed by atoms with E-state index in [-0.39, 0.29) is 12.2 Å². The van der Waals surface area contributed by atoms with E-state index in [0.717, 1.165) is 10.4 Å². The second-order valence-electron chi connectivity index (χ2n) is 4.40. The third-order valence-electron chi connectivity index (χ3n) is 3.00. The Morgan fingerprint density at radius 1 is 1.32 bits per heavy atom. The van der Waals surface area contributed by atoms with Crippen LogP contribution in [0.2, 0.25) is 0 Å². The number of nitrogens with zero attached hydrogens (tertiary/aromatic N) is 4. The van der Waals surface area contributed by atoms with Crippen LogP contribution in [-0.2, 0) is 0 Å². The second-order valence-corrected chi connectivity index (χ2v) is 5.48. The molecule has 0 bridgehead atoms. The molecule has 22 heavy (non-hydrogen) atoms. The molecule has 1 aromatic carbocycles. The van der Waals surface area contributed by atoms with Crippen molar-refractivity contribution < 1.29 is 15.0 Å². The number of fused-ring (bicyclic) bond motifs is 1. The molecular weight excluding hydrogens is 304 g/mol. The number of hydrogen-bond donors (Lipinski definition) is 2. The molecule has 0 aliphatic carbocycles. The van der Waals surface area contributed by atoms with Crippen LogP contribution >= 0.6 is 11.8 Å². The maximum absolute atomic E-state index is 11.1. The zero-order valence-corrected chi connectivity index (χ0v) is 12.2. The fraction of sp³-hybridized carbons (Fsp3) is 0.143. The number of rotatable bonds is 5. The van der Waals surface area contributed by atoms with Crippen molar-refractivity contribution in [3.8, 4) is 5.69 Å². The monoisotopic (exact) mass is 316 g/mol. The van der Waals surface area contributed by atoms with Gasteiger partial charge in [-0.1, -0.05) is 6.07 Å². The Bertz CT molecular complexity index is 834. The summed E-state index contributed by atoms with van der Waals surface area (Å²) in [5, 5.41) is 23.8. The normalized spacial score (nSPS) is 11.0. The van der Waals surface area contributed by atoms with Gasteiger partial charge < -0.3 is 10.2 Å². The van der Waals surface area contributed by atoms with E-state index >= 15 is 0 Å². The quantitative estimate of drug-likeness (QED) is 0.544. The predicted molar refractivity (Wildman–Crippen MR) is 81.4 cm³/mol. The van der Waals surface area contributed by atoms with Crippen LogP contribution in [0.4, 0.5) is 0 Å². The summed E-state index contributed by atoms with van der Waals surface area (Å²) < 4.78 is 1.58. The molecule has 0 saturated heterocycles. The highest BCUT2D eigenvalue weighted by atomic mass is 32.2. The molecule has 2 aromatic heterocycles. The molecule has 0 amide bonds. The van der Waals surface area contributed by atoms with Gasteiger partial charge in [-0.2, -0.15) is 5.10 Å². The van der Waals surface area contributed by atoms with Gasteiger partial charge in [0.25, 0.3) is 0 Å². The first-order chi connectivity index (χ1) is 10.7. The van der Waals surface area contributed by atoms with Crippen molar-refractivity contribution in [1.29, 1.82) is 0 Å². The fourth-order valence-corrected chi connectivity index (χ4v) is 2.75. The van der Waals surface area contributed by atoms with Crippen LogP contribution in [0.1, 0.15) is 10.4 Å². The summed E-state index contributed by atoms with van der Waals surface area (Å²) in [6.45, 7) is 0.0605. The number of hydrogen-bond acceptors (Lipinski definition) is 6. The van der Waals surface area contributed by atoms with Gasteiger partial charge in [0.15, 0.2) is 5.65 Å². The predicted octanol–water partition coefficient (Wildman–Crippen LogP) is 1.60. The van der Waals surface area contributed by atoms with E-state index in [2.05, 4.69) is 15.1 Å². The van der Waals surface area contributed by atoms with E-state index < -0.39 is 5.97 Å². The summed E-state index contributed by atoms with van der Waals surface area (Å²) in [6.07, 6.45) is 3.07. The SMILES string of the molecule is O=C(O)c1cccc(-n2ncc3c(SCCO)ncnc32)c1. The van der Waals surface area contributed by atoms with Gasteiger partial charge >= 0.3 is 5.97 Å². The zero-order valence-electron chi connectivity index (χ0n) is 11.4. The average molecular weight is 316 g/mol. The lowest BCUT2D eigenvalue weighted by molar-refractivity contribution is 0.0697. The number of carboxylic acids is 1. The van der Waals surface area contributed by atoms with Crippen LogP contribution < -0.4 is 0 Å². The lowest BCUT2D eigenvalue weighted by atomic mass is 10.2. The van der Waals surface area contributed by atoms with Crippen molar-refractivity contribution in [1.82, 2.24) is 19.7 Å². The van der Waals surface area contributed by atoms with Crippen molar-refractivity contribution in [3.05, 3.63) is 42.4 Å². The molecule has 0 aliphatic rings. The Balaban J connectivity index is 2.09. The van der Waals surface area contributed by atoms with Gasteiger partial charge in [-0.3, -0.25) is 0 Å². The van der Waals surface area contributed by atoms with Gasteiger partial charge in [-0.05, 0) is 18.2 Å². The maximum Gasteiger partial charge on any atom is 0.335 e. The van der Waals surface area contributed by atoms with Gasteiger partial charge in [0, 0.05) is 5.75 Å². The highest BCUT2D eigenvalue weighted by Crippen LogP contribution is 2.25. The van der Waals surface area contributed by atoms with Crippen molar-refractivity contribution in [3.63, 3.8) is 0 Å². The summed E-state index contributed by atoms with van der Waals surface area (Å²) in [6, 6.07) is 6.49. The molecule has 0 spiro atoms. The summed E-state index contributed by atoms with van der Waals surface area (Å²) in [5.41, 5.74) is 1.40. The highest BCUT2D eigenvalue weighted by molar-refractivity contribution is 7.99. The fourth-order valence-electron chi connectivity index (χ4n) is 2.04. The second kappa shape index (κ2) is 6.12. The third kappa shape index (κ3) is 2.66. The Hall–Kier alpha value is -2.45. The van der Waals surface area contributed by atoms with E-state index in [9.17, 15) is 4.79 Å². The van der Waals surface area contributed by atoms with Gasteiger partial charge in [0.2, 0.25) is 0 Å². The number of thioether (sulfide) groups is 1. The summed E-state index contributed by atoms with van der Waals surface area (Å²) in [4.78, 5) is 19.5. The molecule has 8 heteroatoms. The van der Waals surface area contributed by atoms with Gasteiger partial charge in [0.1, 0.15) is 11.4 Å². The van der Waals surface area contributed by atoms with Gasteiger partial charge in [0.05, 0.1) is 29.4 Å². The van der Waals surface area contributed by atoms with E-state index in [1.807, 2.05) is 0 Å². The Morgan fingerprint density at radius 2 is 2.18 bits per heavy atom. The van der Waals surface area contributed by atoms with Crippen LogP contribution in [0.5, 0.6) is 0 Å². The molecule has 7 nitrogen and oxygen atoms in total. The Kier molecular flexibility index (Phi) is 4.03. The third-order valence-corrected chi connectivity index (χ3v) is 3.98. The molecule has 0 saturated carbocycles. The molecule has 3 aromatic rings. The van der Waals surface area contributed by atoms with Crippen LogP contribution in [-0.4, -0.2) is 48.3 Å². The summed E-state index contributed by atoms with van der Waals surface area (Å²) in [5.74, 6) is -0.460. The number of carbonyl (C=O) groups is 1. The number of benzene rings is 1. The molecule has 0 fully saturated rings. The number of carboxylic acid groups (broad SMARTS) is 1. The van der Waals surface area contributed by atoms with Crippen LogP contribution in [0.3, 0.4) is 0 Å². The largest absolute Gasteiger partial charge is 0.478 e. The van der Waals surface area contributed by atoms with E-state index in [4.69, 9.17) is 10.2 Å². The summed E-state index contributed by atoms with van der Waals surface area (Å²) >= 11 is 1.42. The molecular formula is C14H12N4O3S. The van der Waals surface area contributed by atoms with E-state index in [1.165, 1.54) is 30.2 Å². The first-order valence-corrected chi connectivity index (χ1v) is 7.45. The zero-order chi connectivity index (χ0) is 15.5. The molecule has 2 heterocycles. The Labute approximate surface area is 129 Å². The minimum Gasteiger partial charge on any atom is -0.478 e. The van der Waals surface area contributed by atoms with Crippen LogP contribution in [0, 0.1) is 0 Å². The van der Waals surface area contributed by atoms with E-state index in [1.54, 1.807) is 23.0 Å². The van der Waals surface area contributed by atoms with Gasteiger partial charge in [-0.15, -0.1) is 11.8 Å². The molecule has 0 radical (unpaired) electrons. The molecule has 2 N–H and O–H groups in total. The first-order valence-electron chi connectivity index (χ1n) is 6.47. The highest BCUT2D eigenvalue weighted by Gasteiger charge is 2.12. The molecule has 3 rings (SSSR count). The maximum atomic E-state index is 11.1. The first kappa shape index (κ1) is 14.5. The van der Waals surface area contributed by atoms with Crippen LogP contribution in [0.25, 0.3) is 16.7 Å². The molecule has 0 atom stereocenters. The standard InChI is InChI=1S/C14H12N4O3S/c19-4-5-22-13-11-7-17-18(12(11)15-8-16-13)10-3-1-2-9(6-10)14(20)21/h1-3,6-8,19H,4-5H2,(H,20,21). The number of aromatic nitrogens is 4. The Morgan fingerprint density at radius 3 is 2.95 bits per heavy atom. The van der Waals surface area contributed by atoms with Crippen LogP contribution in [0.15, 0.2) is 41.8 Å². The van der Waals surface area contributed by atoms with E-state index in [0.29, 0.717) is 17.1 Å². The number of aliphatic hydroxyl groups is 1. The summed E-state index contributed by atoms with van der Waals surface area (Å²) in [7, 11) is 0. The lowest BCUT2D eigenvalue weighted by Gasteiger charge is -2.04. The molecule has 0 aliphatic heterocycles. The van der Waals surface area contributed by atoms with Crippen molar-refractivity contribution >= 4 is 28.8 Å². The number of aliphatic hydroxyl groups excluding tert-OH is 1. The minimum atomic E-state index is -0.993. The van der Waals surface area contributed by atoms with Crippen molar-refractivity contribution in [2.75, 3.05) is 12.4 Å². The molecule has 0 unspecified atom stereocenters.